The van der Waals surface area contributed by atoms with E-state index in [1.807, 2.05) is 42.2 Å². The van der Waals surface area contributed by atoms with Crippen molar-refractivity contribution in [2.75, 3.05) is 26.2 Å². The van der Waals surface area contributed by atoms with Crippen molar-refractivity contribution in [2.45, 2.75) is 13.0 Å². The molecule has 154 valence electrons. The molecular weight excluding hydrogens is 399 g/mol. The van der Waals surface area contributed by atoms with Crippen LogP contribution in [0.15, 0.2) is 72.8 Å². The standard InChI is InChI=1S/C25H24ClFN2O/c1-18-7-12-22(27)17-23(18)25(30)29-15-13-28(14-16-29)24(19-5-3-2-4-6-19)20-8-10-21(26)11-9-20/h2-12,17,24H,13-16H2,1H3/t24-/m1/s1. The first kappa shape index (κ1) is 20.6. The number of nitrogens with zero attached hydrogens (tertiary/aromatic N) is 2. The van der Waals surface area contributed by atoms with Gasteiger partial charge in [0.2, 0.25) is 0 Å². The summed E-state index contributed by atoms with van der Waals surface area (Å²) in [6.07, 6.45) is 0. The van der Waals surface area contributed by atoms with Gasteiger partial charge in [-0.15, -0.1) is 0 Å². The van der Waals surface area contributed by atoms with Crippen LogP contribution in [0.5, 0.6) is 0 Å². The molecule has 0 N–H and O–H groups in total. The van der Waals surface area contributed by atoms with Gasteiger partial charge in [-0.2, -0.15) is 0 Å². The Morgan fingerprint density at radius 1 is 0.900 bits per heavy atom. The highest BCUT2D eigenvalue weighted by atomic mass is 35.5. The van der Waals surface area contributed by atoms with Crippen molar-refractivity contribution in [3.05, 3.63) is 106 Å². The molecule has 0 bridgehead atoms. The molecule has 1 atom stereocenters. The summed E-state index contributed by atoms with van der Waals surface area (Å²) < 4.78 is 13.7. The second-order valence-corrected chi connectivity index (χ2v) is 8.09. The fraction of sp³-hybridized carbons (Fsp3) is 0.240. The van der Waals surface area contributed by atoms with E-state index >= 15 is 0 Å². The number of hydrogen-bond acceptors (Lipinski definition) is 2. The molecule has 3 aromatic rings. The Labute approximate surface area is 181 Å². The maximum atomic E-state index is 13.7. The zero-order chi connectivity index (χ0) is 21.1. The van der Waals surface area contributed by atoms with Crippen LogP contribution in [-0.2, 0) is 0 Å². The summed E-state index contributed by atoms with van der Waals surface area (Å²) in [5.41, 5.74) is 3.62. The minimum atomic E-state index is -0.380. The van der Waals surface area contributed by atoms with Crippen LogP contribution < -0.4 is 0 Å². The molecule has 0 aliphatic carbocycles. The van der Waals surface area contributed by atoms with E-state index in [4.69, 9.17) is 11.6 Å². The molecule has 5 heteroatoms. The van der Waals surface area contributed by atoms with Crippen LogP contribution in [-0.4, -0.2) is 41.9 Å². The minimum Gasteiger partial charge on any atom is -0.336 e. The quantitative estimate of drug-likeness (QED) is 0.567. The fourth-order valence-electron chi connectivity index (χ4n) is 4.07. The van der Waals surface area contributed by atoms with Crippen molar-refractivity contribution in [3.8, 4) is 0 Å². The average Bonchev–Trinajstić information content (AvgIpc) is 2.78. The molecule has 1 saturated heterocycles. The van der Waals surface area contributed by atoms with Crippen LogP contribution in [0.4, 0.5) is 4.39 Å². The van der Waals surface area contributed by atoms with Gasteiger partial charge in [-0.05, 0) is 47.9 Å². The molecule has 3 aromatic carbocycles. The van der Waals surface area contributed by atoms with Gasteiger partial charge in [0.05, 0.1) is 6.04 Å². The molecule has 3 nitrogen and oxygen atoms in total. The highest BCUT2D eigenvalue weighted by molar-refractivity contribution is 6.30. The maximum Gasteiger partial charge on any atom is 0.254 e. The van der Waals surface area contributed by atoms with Crippen LogP contribution in [0, 0.1) is 12.7 Å². The van der Waals surface area contributed by atoms with Gasteiger partial charge in [-0.1, -0.05) is 60.1 Å². The van der Waals surface area contributed by atoms with Gasteiger partial charge in [0.25, 0.3) is 5.91 Å². The van der Waals surface area contributed by atoms with E-state index in [1.165, 1.54) is 23.3 Å². The predicted octanol–water partition coefficient (Wildman–Crippen LogP) is 5.33. The molecule has 4 rings (SSSR count). The Hall–Kier alpha value is -2.69. The van der Waals surface area contributed by atoms with Crippen LogP contribution in [0.1, 0.15) is 33.1 Å². The Kier molecular flexibility index (Phi) is 6.16. The van der Waals surface area contributed by atoms with Crippen LogP contribution in [0.25, 0.3) is 0 Å². The van der Waals surface area contributed by atoms with Crippen molar-refractivity contribution >= 4 is 17.5 Å². The smallest absolute Gasteiger partial charge is 0.254 e. The zero-order valence-corrected chi connectivity index (χ0v) is 17.6. The second kappa shape index (κ2) is 8.99. The number of hydrogen-bond donors (Lipinski definition) is 0. The molecule has 0 unspecified atom stereocenters. The largest absolute Gasteiger partial charge is 0.336 e. The Morgan fingerprint density at radius 2 is 1.53 bits per heavy atom. The summed E-state index contributed by atoms with van der Waals surface area (Å²) in [6.45, 7) is 4.52. The molecule has 0 spiro atoms. The molecular formula is C25H24ClFN2O. The van der Waals surface area contributed by atoms with E-state index in [0.717, 1.165) is 18.7 Å². The van der Waals surface area contributed by atoms with Crippen molar-refractivity contribution in [1.29, 1.82) is 0 Å². The van der Waals surface area contributed by atoms with E-state index in [0.29, 0.717) is 23.7 Å². The number of aryl methyl sites for hydroxylation is 1. The van der Waals surface area contributed by atoms with E-state index in [-0.39, 0.29) is 17.8 Å². The third-order valence-electron chi connectivity index (χ3n) is 5.70. The highest BCUT2D eigenvalue weighted by Gasteiger charge is 2.29. The molecule has 1 heterocycles. The number of benzene rings is 3. The molecule has 0 aromatic heterocycles. The van der Waals surface area contributed by atoms with Crippen LogP contribution in [0.3, 0.4) is 0 Å². The third-order valence-corrected chi connectivity index (χ3v) is 5.95. The molecule has 1 aliphatic heterocycles. The van der Waals surface area contributed by atoms with Crippen LogP contribution in [0.2, 0.25) is 5.02 Å². The normalized spacial score (nSPS) is 15.8. The van der Waals surface area contributed by atoms with Gasteiger partial charge in [0.1, 0.15) is 5.82 Å². The van der Waals surface area contributed by atoms with Gasteiger partial charge < -0.3 is 4.90 Å². The van der Waals surface area contributed by atoms with E-state index in [9.17, 15) is 9.18 Å². The van der Waals surface area contributed by atoms with E-state index in [2.05, 4.69) is 29.2 Å². The Bertz CT molecular complexity index is 1020. The minimum absolute atomic E-state index is 0.0941. The molecule has 1 fully saturated rings. The molecule has 0 radical (unpaired) electrons. The molecule has 30 heavy (non-hydrogen) atoms. The maximum absolute atomic E-state index is 13.7. The first-order chi connectivity index (χ1) is 14.5. The molecule has 1 amide bonds. The number of carbonyl (C=O) groups excluding carboxylic acids is 1. The Morgan fingerprint density at radius 3 is 2.20 bits per heavy atom. The molecule has 0 saturated carbocycles. The van der Waals surface area contributed by atoms with Gasteiger partial charge in [-0.25, -0.2) is 4.39 Å². The highest BCUT2D eigenvalue weighted by Crippen LogP contribution is 2.30. The predicted molar refractivity (Wildman–Crippen MR) is 118 cm³/mol. The van der Waals surface area contributed by atoms with Crippen LogP contribution >= 0.6 is 11.6 Å². The lowest BCUT2D eigenvalue weighted by molar-refractivity contribution is 0.0596. The van der Waals surface area contributed by atoms with Gasteiger partial charge in [0, 0.05) is 36.8 Å². The lowest BCUT2D eigenvalue weighted by atomic mass is 9.96. The summed E-state index contributed by atoms with van der Waals surface area (Å²) in [7, 11) is 0. The fourth-order valence-corrected chi connectivity index (χ4v) is 4.20. The summed E-state index contributed by atoms with van der Waals surface area (Å²) >= 11 is 6.10. The van der Waals surface area contributed by atoms with Gasteiger partial charge >= 0.3 is 0 Å². The number of piperazine rings is 1. The van der Waals surface area contributed by atoms with Crippen molar-refractivity contribution < 1.29 is 9.18 Å². The van der Waals surface area contributed by atoms with Crippen molar-refractivity contribution in [3.63, 3.8) is 0 Å². The van der Waals surface area contributed by atoms with E-state index in [1.54, 1.807) is 6.07 Å². The van der Waals surface area contributed by atoms with E-state index < -0.39 is 0 Å². The topological polar surface area (TPSA) is 23.6 Å². The number of halogens is 2. The average molecular weight is 423 g/mol. The number of amides is 1. The van der Waals surface area contributed by atoms with Crippen molar-refractivity contribution in [2.24, 2.45) is 0 Å². The zero-order valence-electron chi connectivity index (χ0n) is 16.9. The first-order valence-electron chi connectivity index (χ1n) is 10.1. The monoisotopic (exact) mass is 422 g/mol. The summed E-state index contributed by atoms with van der Waals surface area (Å²) in [4.78, 5) is 17.2. The van der Waals surface area contributed by atoms with Gasteiger partial charge in [0.15, 0.2) is 0 Å². The summed E-state index contributed by atoms with van der Waals surface area (Å²) in [5, 5.41) is 0.714. The second-order valence-electron chi connectivity index (χ2n) is 7.65. The first-order valence-corrected chi connectivity index (χ1v) is 10.5. The summed E-state index contributed by atoms with van der Waals surface area (Å²) in [6, 6.07) is 22.8. The number of carbonyl (C=O) groups is 1. The SMILES string of the molecule is Cc1ccc(F)cc1C(=O)N1CCN([C@H](c2ccccc2)c2ccc(Cl)cc2)CC1. The lowest BCUT2D eigenvalue weighted by Gasteiger charge is -2.40. The third kappa shape index (κ3) is 4.40. The summed E-state index contributed by atoms with van der Waals surface area (Å²) in [5.74, 6) is -0.483. The van der Waals surface area contributed by atoms with Crippen molar-refractivity contribution in [1.82, 2.24) is 9.80 Å². The molecule has 1 aliphatic rings. The lowest BCUT2D eigenvalue weighted by Crippen LogP contribution is -2.50. The number of rotatable bonds is 4. The van der Waals surface area contributed by atoms with Gasteiger partial charge in [-0.3, -0.25) is 9.69 Å². The Balaban J connectivity index is 1.53.